The zero-order valence-corrected chi connectivity index (χ0v) is 15.3. The number of amides is 2. The Labute approximate surface area is 160 Å². The van der Waals surface area contributed by atoms with Crippen molar-refractivity contribution in [3.05, 3.63) is 71.8 Å². The fourth-order valence-electron chi connectivity index (χ4n) is 3.57. The number of likely N-dealkylation sites (tertiary alicyclic amines) is 1. The molecule has 1 atom stereocenters. The molecule has 1 saturated heterocycles. The van der Waals surface area contributed by atoms with Gasteiger partial charge in [-0.3, -0.25) is 0 Å². The number of carbonyl (C=O) groups excluding carboxylic acids is 2. The van der Waals surface area contributed by atoms with Crippen molar-refractivity contribution in [3.63, 3.8) is 0 Å². The monoisotopic (exact) mass is 365 g/mol. The summed E-state index contributed by atoms with van der Waals surface area (Å²) in [5.41, 5.74) is 2.17. The molecular weight excluding hydrogens is 340 g/mol. The number of aliphatic carboxylic acids is 1. The van der Waals surface area contributed by atoms with E-state index in [1.54, 1.807) is 4.90 Å². The molecule has 0 aliphatic carbocycles. The number of carboxylic acids is 1. The fourth-order valence-corrected chi connectivity index (χ4v) is 3.57. The van der Waals surface area contributed by atoms with Gasteiger partial charge in [-0.15, -0.1) is 0 Å². The Morgan fingerprint density at radius 1 is 0.963 bits per heavy atom. The van der Waals surface area contributed by atoms with Gasteiger partial charge in [0.2, 0.25) is 0 Å². The molecule has 0 spiro atoms. The third-order valence-corrected chi connectivity index (χ3v) is 5.13. The first-order chi connectivity index (χ1) is 13.1. The van der Waals surface area contributed by atoms with E-state index in [2.05, 4.69) is 17.4 Å². The van der Waals surface area contributed by atoms with Crippen molar-refractivity contribution in [1.29, 1.82) is 0 Å². The number of hydrogen-bond acceptors (Lipinski definition) is 3. The van der Waals surface area contributed by atoms with Gasteiger partial charge in [0.15, 0.2) is 0 Å². The van der Waals surface area contributed by atoms with Crippen LogP contribution in [0.25, 0.3) is 0 Å². The van der Waals surface area contributed by atoms with E-state index in [4.69, 9.17) is 0 Å². The molecule has 1 heterocycles. The van der Waals surface area contributed by atoms with Gasteiger partial charge in [0.05, 0.1) is 12.0 Å². The van der Waals surface area contributed by atoms with E-state index in [1.165, 1.54) is 5.56 Å². The molecule has 0 radical (unpaired) electrons. The molecule has 142 valence electrons. The Kier molecular flexibility index (Phi) is 6.47. The maximum atomic E-state index is 12.5. The van der Waals surface area contributed by atoms with E-state index in [-0.39, 0.29) is 12.5 Å². The van der Waals surface area contributed by atoms with Gasteiger partial charge in [0, 0.05) is 13.1 Å². The molecule has 27 heavy (non-hydrogen) atoms. The van der Waals surface area contributed by atoms with Crippen LogP contribution < -0.4 is 10.4 Å². The quantitative estimate of drug-likeness (QED) is 0.851. The van der Waals surface area contributed by atoms with Gasteiger partial charge in [-0.1, -0.05) is 60.7 Å². The number of nitrogens with zero attached hydrogens (tertiary/aromatic N) is 1. The van der Waals surface area contributed by atoms with Crippen molar-refractivity contribution >= 4 is 12.0 Å². The van der Waals surface area contributed by atoms with Gasteiger partial charge in [-0.25, -0.2) is 4.79 Å². The largest absolute Gasteiger partial charge is 0.548 e. The van der Waals surface area contributed by atoms with Crippen LogP contribution in [0.4, 0.5) is 4.79 Å². The Morgan fingerprint density at radius 3 is 2.07 bits per heavy atom. The molecule has 2 amide bonds. The van der Waals surface area contributed by atoms with Gasteiger partial charge in [0.25, 0.3) is 0 Å². The second-order valence-corrected chi connectivity index (χ2v) is 7.13. The van der Waals surface area contributed by atoms with Crippen molar-refractivity contribution < 1.29 is 14.7 Å². The summed E-state index contributed by atoms with van der Waals surface area (Å²) >= 11 is 0. The highest BCUT2D eigenvalue weighted by atomic mass is 16.4. The SMILES string of the molecule is O=C([O-])[C@H](Cc1ccccc1)NC(=O)N1CCC(Cc2ccccc2)CC1. The lowest BCUT2D eigenvalue weighted by molar-refractivity contribution is -0.308. The molecule has 1 fully saturated rings. The first-order valence-corrected chi connectivity index (χ1v) is 9.46. The van der Waals surface area contributed by atoms with Crippen molar-refractivity contribution in [2.75, 3.05) is 13.1 Å². The molecular formula is C22H25N2O3-. The molecule has 0 saturated carbocycles. The van der Waals surface area contributed by atoms with Gasteiger partial charge < -0.3 is 20.1 Å². The molecule has 0 aromatic heterocycles. The molecule has 2 aromatic carbocycles. The van der Waals surface area contributed by atoms with Crippen molar-refractivity contribution in [2.24, 2.45) is 5.92 Å². The minimum absolute atomic E-state index is 0.222. The van der Waals surface area contributed by atoms with Crippen LogP contribution in [-0.2, 0) is 17.6 Å². The number of carboxylic acid groups (broad SMARTS) is 1. The van der Waals surface area contributed by atoms with Crippen LogP contribution in [0.1, 0.15) is 24.0 Å². The van der Waals surface area contributed by atoms with Crippen LogP contribution in [0, 0.1) is 5.92 Å². The van der Waals surface area contributed by atoms with Crippen LogP contribution in [0.3, 0.4) is 0 Å². The van der Waals surface area contributed by atoms with Crippen molar-refractivity contribution in [2.45, 2.75) is 31.7 Å². The summed E-state index contributed by atoms with van der Waals surface area (Å²) in [5.74, 6) is -0.705. The number of nitrogens with one attached hydrogen (secondary N) is 1. The summed E-state index contributed by atoms with van der Waals surface area (Å²) < 4.78 is 0. The van der Waals surface area contributed by atoms with E-state index < -0.39 is 12.0 Å². The fraction of sp³-hybridized carbons (Fsp3) is 0.364. The second kappa shape index (κ2) is 9.21. The van der Waals surface area contributed by atoms with Crippen LogP contribution >= 0.6 is 0 Å². The highest BCUT2D eigenvalue weighted by molar-refractivity contribution is 5.82. The molecule has 1 aliphatic rings. The topological polar surface area (TPSA) is 72.5 Å². The average molecular weight is 365 g/mol. The molecule has 1 N–H and O–H groups in total. The Bertz CT molecular complexity index is 741. The van der Waals surface area contributed by atoms with Crippen molar-refractivity contribution in [1.82, 2.24) is 10.2 Å². The number of rotatable bonds is 6. The van der Waals surface area contributed by atoms with E-state index in [1.807, 2.05) is 48.5 Å². The molecule has 2 aromatic rings. The highest BCUT2D eigenvalue weighted by Gasteiger charge is 2.25. The van der Waals surface area contributed by atoms with Gasteiger partial charge in [-0.2, -0.15) is 0 Å². The number of hydrogen-bond donors (Lipinski definition) is 1. The maximum absolute atomic E-state index is 12.5. The van der Waals surface area contributed by atoms with Crippen LogP contribution in [0.5, 0.6) is 0 Å². The molecule has 1 aliphatic heterocycles. The summed E-state index contributed by atoms with van der Waals surface area (Å²) in [7, 11) is 0. The maximum Gasteiger partial charge on any atom is 0.317 e. The van der Waals surface area contributed by atoms with Crippen LogP contribution in [0.15, 0.2) is 60.7 Å². The average Bonchev–Trinajstić information content (AvgIpc) is 2.69. The summed E-state index contributed by atoms with van der Waals surface area (Å²) in [6.07, 6.45) is 3.10. The third kappa shape index (κ3) is 5.58. The summed E-state index contributed by atoms with van der Waals surface area (Å²) in [6.45, 7) is 1.29. The first kappa shape index (κ1) is 19.0. The van der Waals surface area contributed by atoms with Crippen LogP contribution in [0.2, 0.25) is 0 Å². The van der Waals surface area contributed by atoms with E-state index in [0.29, 0.717) is 19.0 Å². The molecule has 5 nitrogen and oxygen atoms in total. The predicted molar refractivity (Wildman–Crippen MR) is 102 cm³/mol. The molecule has 5 heteroatoms. The smallest absolute Gasteiger partial charge is 0.317 e. The van der Waals surface area contributed by atoms with Crippen LogP contribution in [-0.4, -0.2) is 36.0 Å². The van der Waals surface area contributed by atoms with E-state index in [9.17, 15) is 14.7 Å². The highest BCUT2D eigenvalue weighted by Crippen LogP contribution is 2.21. The minimum Gasteiger partial charge on any atom is -0.548 e. The Morgan fingerprint density at radius 2 is 1.52 bits per heavy atom. The summed E-state index contributed by atoms with van der Waals surface area (Å²) in [6, 6.07) is 18.3. The van der Waals surface area contributed by atoms with Gasteiger partial charge in [-0.05, 0) is 42.7 Å². The van der Waals surface area contributed by atoms with Crippen molar-refractivity contribution in [3.8, 4) is 0 Å². The zero-order valence-electron chi connectivity index (χ0n) is 15.3. The zero-order chi connectivity index (χ0) is 19.1. The number of benzene rings is 2. The minimum atomic E-state index is -1.26. The summed E-state index contributed by atoms with van der Waals surface area (Å²) in [4.78, 5) is 25.6. The predicted octanol–water partition coefficient (Wildman–Crippen LogP) is 2.01. The standard InChI is InChI=1S/C22H26N2O3/c25-21(26)20(16-18-9-5-2-6-10-18)23-22(27)24-13-11-19(12-14-24)15-17-7-3-1-4-8-17/h1-10,19-20H,11-16H2,(H,23,27)(H,25,26)/p-1/t20-/m0/s1. The first-order valence-electron chi connectivity index (χ1n) is 9.46. The molecule has 3 rings (SSSR count). The second-order valence-electron chi connectivity index (χ2n) is 7.13. The van der Waals surface area contributed by atoms with Gasteiger partial charge in [0.1, 0.15) is 0 Å². The number of carbonyl (C=O) groups is 2. The number of piperidine rings is 1. The normalized spacial score (nSPS) is 15.9. The van der Waals surface area contributed by atoms with Gasteiger partial charge >= 0.3 is 6.03 Å². The lowest BCUT2D eigenvalue weighted by Crippen LogP contribution is -2.54. The lowest BCUT2D eigenvalue weighted by atomic mass is 9.90. The molecule has 0 bridgehead atoms. The Hall–Kier alpha value is -2.82. The third-order valence-electron chi connectivity index (χ3n) is 5.13. The number of urea groups is 1. The summed E-state index contributed by atoms with van der Waals surface area (Å²) in [5, 5.41) is 14.1. The Balaban J connectivity index is 1.49. The lowest BCUT2D eigenvalue weighted by Gasteiger charge is -2.33. The van der Waals surface area contributed by atoms with E-state index in [0.717, 1.165) is 24.8 Å². The molecule has 0 unspecified atom stereocenters. The van der Waals surface area contributed by atoms with E-state index >= 15 is 0 Å².